The molecule has 1 saturated heterocycles. The van der Waals surface area contributed by atoms with Gasteiger partial charge in [0, 0.05) is 30.7 Å². The zero-order valence-electron chi connectivity index (χ0n) is 17.2. The summed E-state index contributed by atoms with van der Waals surface area (Å²) in [4.78, 5) is 17.5. The Kier molecular flexibility index (Phi) is 3.86. The van der Waals surface area contributed by atoms with E-state index in [1.807, 2.05) is 29.2 Å². The highest BCUT2D eigenvalue weighted by atomic mass is 16.3. The topological polar surface area (TPSA) is 43.8 Å². The van der Waals surface area contributed by atoms with Crippen molar-refractivity contribution in [1.82, 2.24) is 4.90 Å². The normalized spacial score (nSPS) is 26.5. The van der Waals surface area contributed by atoms with Crippen LogP contribution in [0.4, 0.5) is 5.69 Å². The fourth-order valence-electron chi connectivity index (χ4n) is 5.91. The number of rotatable bonds is 2. The summed E-state index contributed by atoms with van der Waals surface area (Å²) in [5.74, 6) is -0.180. The Morgan fingerprint density at radius 1 is 0.967 bits per heavy atom. The summed E-state index contributed by atoms with van der Waals surface area (Å²) in [5, 5.41) is 13.6. The predicted octanol–water partition coefficient (Wildman–Crippen LogP) is 4.16. The van der Waals surface area contributed by atoms with E-state index >= 15 is 0 Å². The lowest BCUT2D eigenvalue weighted by Gasteiger charge is -2.40. The van der Waals surface area contributed by atoms with Gasteiger partial charge in [0.1, 0.15) is 0 Å². The number of benzene rings is 3. The number of anilines is 1. The lowest BCUT2D eigenvalue weighted by atomic mass is 9.98. The third-order valence-electron chi connectivity index (χ3n) is 7.42. The molecule has 1 fully saturated rings. The second-order valence-electron chi connectivity index (χ2n) is 9.11. The second-order valence-corrected chi connectivity index (χ2v) is 9.11. The van der Waals surface area contributed by atoms with Gasteiger partial charge in [-0.1, -0.05) is 54.6 Å². The quantitative estimate of drug-likeness (QED) is 0.705. The lowest BCUT2D eigenvalue weighted by molar-refractivity contribution is -0.135. The highest BCUT2D eigenvalue weighted by Gasteiger charge is 2.48. The maximum absolute atomic E-state index is 13.1. The lowest BCUT2D eigenvalue weighted by Crippen LogP contribution is -2.49. The Labute approximate surface area is 176 Å². The van der Waals surface area contributed by atoms with Crippen LogP contribution in [0, 0.1) is 0 Å². The minimum atomic E-state index is -1.42. The number of para-hydroxylation sites is 1. The van der Waals surface area contributed by atoms with Crippen molar-refractivity contribution in [1.29, 1.82) is 0 Å². The maximum atomic E-state index is 13.1. The van der Waals surface area contributed by atoms with Crippen molar-refractivity contribution in [2.75, 3.05) is 18.0 Å². The molecule has 0 aromatic heterocycles. The molecule has 2 heterocycles. The van der Waals surface area contributed by atoms with E-state index in [0.717, 1.165) is 43.6 Å². The largest absolute Gasteiger partial charge is 0.375 e. The molecule has 6 rings (SSSR count). The van der Waals surface area contributed by atoms with E-state index in [0.29, 0.717) is 6.04 Å². The molecule has 1 amide bonds. The van der Waals surface area contributed by atoms with Crippen LogP contribution in [-0.2, 0) is 16.8 Å². The monoisotopic (exact) mass is 398 g/mol. The molecule has 3 aromatic rings. The number of fused-ring (bicyclic) bond motifs is 1. The molecular formula is C26H26N2O2. The highest BCUT2D eigenvalue weighted by molar-refractivity contribution is 6.07. The third kappa shape index (κ3) is 2.44. The van der Waals surface area contributed by atoms with E-state index in [-0.39, 0.29) is 11.9 Å². The summed E-state index contributed by atoms with van der Waals surface area (Å²) in [6, 6.07) is 21.6. The Balaban J connectivity index is 1.24. The summed E-state index contributed by atoms with van der Waals surface area (Å²) >= 11 is 0. The van der Waals surface area contributed by atoms with E-state index < -0.39 is 5.60 Å². The number of aliphatic hydroxyl groups is 1. The first kappa shape index (κ1) is 18.1. The van der Waals surface area contributed by atoms with Crippen LogP contribution in [-0.4, -0.2) is 35.0 Å². The van der Waals surface area contributed by atoms with Gasteiger partial charge in [-0.15, -0.1) is 0 Å². The molecule has 0 radical (unpaired) electrons. The van der Waals surface area contributed by atoms with Crippen LogP contribution in [0.15, 0.2) is 60.7 Å². The summed E-state index contributed by atoms with van der Waals surface area (Å²) in [6.07, 6.45) is 2.93. The van der Waals surface area contributed by atoms with Gasteiger partial charge in [-0.2, -0.15) is 0 Å². The van der Waals surface area contributed by atoms with Gasteiger partial charge in [0.25, 0.3) is 5.91 Å². The van der Waals surface area contributed by atoms with Crippen molar-refractivity contribution in [3.05, 3.63) is 77.4 Å². The van der Waals surface area contributed by atoms with Crippen LogP contribution >= 0.6 is 0 Å². The third-order valence-corrected chi connectivity index (χ3v) is 7.42. The minimum Gasteiger partial charge on any atom is -0.375 e. The van der Waals surface area contributed by atoms with Crippen LogP contribution < -0.4 is 4.90 Å². The Morgan fingerprint density at radius 3 is 2.50 bits per heavy atom. The molecule has 3 aliphatic rings. The molecule has 2 atom stereocenters. The molecule has 0 bridgehead atoms. The number of carbonyl (C=O) groups is 1. The molecule has 0 spiro atoms. The van der Waals surface area contributed by atoms with Crippen LogP contribution in [0.25, 0.3) is 10.8 Å². The molecule has 4 heteroatoms. The Bertz CT molecular complexity index is 1160. The van der Waals surface area contributed by atoms with Crippen LogP contribution in [0.3, 0.4) is 0 Å². The molecule has 1 N–H and O–H groups in total. The van der Waals surface area contributed by atoms with Crippen molar-refractivity contribution in [3.63, 3.8) is 0 Å². The number of likely N-dealkylation sites (tertiary alicyclic amines) is 1. The van der Waals surface area contributed by atoms with Crippen LogP contribution in [0.2, 0.25) is 0 Å². The van der Waals surface area contributed by atoms with Gasteiger partial charge in [0.15, 0.2) is 5.60 Å². The van der Waals surface area contributed by atoms with E-state index in [4.69, 9.17) is 0 Å². The number of piperidine rings is 1. The smallest absolute Gasteiger partial charge is 0.263 e. The summed E-state index contributed by atoms with van der Waals surface area (Å²) < 4.78 is 0. The average molecular weight is 399 g/mol. The van der Waals surface area contributed by atoms with E-state index in [2.05, 4.69) is 41.3 Å². The molecule has 2 unspecified atom stereocenters. The first-order valence-electron chi connectivity index (χ1n) is 11.0. The number of hydrogen-bond acceptors (Lipinski definition) is 3. The van der Waals surface area contributed by atoms with Crippen molar-refractivity contribution < 1.29 is 9.90 Å². The first-order chi connectivity index (χ1) is 14.6. The van der Waals surface area contributed by atoms with Crippen LogP contribution in [0.1, 0.15) is 42.5 Å². The fraction of sp³-hybridized carbons (Fsp3) is 0.346. The molecule has 0 saturated carbocycles. The average Bonchev–Trinajstić information content (AvgIpc) is 3.24. The van der Waals surface area contributed by atoms with E-state index in [1.54, 1.807) is 6.92 Å². The molecule has 2 aliphatic heterocycles. The van der Waals surface area contributed by atoms with Gasteiger partial charge in [-0.3, -0.25) is 9.69 Å². The molecule has 152 valence electrons. The molecule has 4 nitrogen and oxygen atoms in total. The van der Waals surface area contributed by atoms with Gasteiger partial charge in [-0.25, -0.2) is 0 Å². The molecule has 30 heavy (non-hydrogen) atoms. The zero-order valence-corrected chi connectivity index (χ0v) is 17.2. The Hall–Kier alpha value is -2.69. The van der Waals surface area contributed by atoms with Gasteiger partial charge in [0.2, 0.25) is 0 Å². The summed E-state index contributed by atoms with van der Waals surface area (Å²) in [6.45, 7) is 3.56. The summed E-state index contributed by atoms with van der Waals surface area (Å²) in [5.41, 5.74) is 3.09. The van der Waals surface area contributed by atoms with Gasteiger partial charge in [-0.05, 0) is 54.2 Å². The molecule has 1 aliphatic carbocycles. The number of amides is 1. The number of hydrogen-bond donors (Lipinski definition) is 1. The predicted molar refractivity (Wildman–Crippen MR) is 118 cm³/mol. The minimum absolute atomic E-state index is 0.142. The van der Waals surface area contributed by atoms with Crippen molar-refractivity contribution in [3.8, 4) is 0 Å². The highest BCUT2D eigenvalue weighted by Crippen LogP contribution is 2.44. The van der Waals surface area contributed by atoms with Gasteiger partial charge >= 0.3 is 0 Å². The first-order valence-corrected chi connectivity index (χ1v) is 11.0. The molecule has 3 aromatic carbocycles. The van der Waals surface area contributed by atoms with Crippen molar-refractivity contribution in [2.24, 2.45) is 0 Å². The SMILES string of the molecule is CC1(O)C(=O)N(C2CCN(C3Cc4cccc5cccc3c45)CC2)c2ccccc21. The van der Waals surface area contributed by atoms with E-state index in [9.17, 15) is 9.90 Å². The zero-order chi connectivity index (χ0) is 20.5. The standard InChI is InChI=1S/C26H26N2O2/c1-26(30)21-10-2-3-11-22(21)28(25(26)29)19-12-14-27(15-13-19)23-16-18-8-4-6-17-7-5-9-20(23)24(17)18/h2-11,19,23,30H,12-16H2,1H3. The van der Waals surface area contributed by atoms with Crippen molar-refractivity contribution in [2.45, 2.75) is 43.9 Å². The maximum Gasteiger partial charge on any atom is 0.263 e. The van der Waals surface area contributed by atoms with E-state index in [1.165, 1.54) is 21.9 Å². The fourth-order valence-corrected chi connectivity index (χ4v) is 5.91. The van der Waals surface area contributed by atoms with Gasteiger partial charge in [0.05, 0.1) is 5.69 Å². The second kappa shape index (κ2) is 6.40. The molecular weight excluding hydrogens is 372 g/mol. The van der Waals surface area contributed by atoms with Gasteiger partial charge < -0.3 is 10.0 Å². The number of nitrogens with zero attached hydrogens (tertiary/aromatic N) is 2. The van der Waals surface area contributed by atoms with Crippen molar-refractivity contribution >= 4 is 22.4 Å². The van der Waals surface area contributed by atoms with Crippen LogP contribution in [0.5, 0.6) is 0 Å². The summed E-state index contributed by atoms with van der Waals surface area (Å²) in [7, 11) is 0. The number of carbonyl (C=O) groups excluding carboxylic acids is 1. The Morgan fingerprint density at radius 2 is 1.70 bits per heavy atom.